The van der Waals surface area contributed by atoms with Crippen LogP contribution in [-0.2, 0) is 12.6 Å². The highest BCUT2D eigenvalue weighted by Crippen LogP contribution is 2.31. The van der Waals surface area contributed by atoms with Gasteiger partial charge in [-0.25, -0.2) is 4.39 Å². The van der Waals surface area contributed by atoms with Crippen LogP contribution in [-0.4, -0.2) is 28.9 Å². The Morgan fingerprint density at radius 3 is 2.77 bits per heavy atom. The Hall–Kier alpha value is -2.44. The van der Waals surface area contributed by atoms with Crippen LogP contribution in [0.15, 0.2) is 36.5 Å². The molecule has 1 atom stereocenters. The van der Waals surface area contributed by atoms with Gasteiger partial charge in [0.1, 0.15) is 5.82 Å². The van der Waals surface area contributed by atoms with Gasteiger partial charge < -0.3 is 4.90 Å². The second-order valence-electron chi connectivity index (χ2n) is 6.59. The molecule has 26 heavy (non-hydrogen) atoms. The maximum absolute atomic E-state index is 13.7. The van der Waals surface area contributed by atoms with Gasteiger partial charge in [-0.05, 0) is 55.0 Å². The average molecular weight is 366 g/mol. The summed E-state index contributed by atoms with van der Waals surface area (Å²) in [6, 6.07) is 7.49. The second kappa shape index (κ2) is 7.05. The maximum Gasteiger partial charge on any atom is 0.434 e. The van der Waals surface area contributed by atoms with Gasteiger partial charge in [-0.15, -0.1) is 0 Å². The highest BCUT2D eigenvalue weighted by atomic mass is 19.4. The zero-order valence-corrected chi connectivity index (χ0v) is 14.2. The number of hydrogen-bond acceptors (Lipinski definition) is 2. The Balaban J connectivity index is 1.71. The fourth-order valence-electron chi connectivity index (χ4n) is 3.25. The molecule has 2 aromatic rings. The van der Waals surface area contributed by atoms with E-state index in [9.17, 15) is 22.4 Å². The first-order valence-corrected chi connectivity index (χ1v) is 8.32. The molecule has 0 saturated carbocycles. The minimum atomic E-state index is -4.68. The van der Waals surface area contributed by atoms with E-state index in [1.54, 1.807) is 13.0 Å². The number of likely N-dealkylation sites (tertiary alicyclic amines) is 1. The number of aryl methyl sites for hydroxylation is 1. The number of pyridine rings is 1. The third-order valence-corrected chi connectivity index (χ3v) is 4.64. The fourth-order valence-corrected chi connectivity index (χ4v) is 3.25. The van der Waals surface area contributed by atoms with Gasteiger partial charge in [0.25, 0.3) is 5.91 Å². The molecule has 1 fully saturated rings. The quantitative estimate of drug-likeness (QED) is 0.761. The SMILES string of the molecule is Cc1ccc(CC2CCN(C(=O)c3cccnc3C(F)(F)F)C2)cc1F. The van der Waals surface area contributed by atoms with Crippen LogP contribution in [0, 0.1) is 18.7 Å². The highest BCUT2D eigenvalue weighted by Gasteiger charge is 2.38. The summed E-state index contributed by atoms with van der Waals surface area (Å²) < 4.78 is 52.8. The molecule has 1 unspecified atom stereocenters. The van der Waals surface area contributed by atoms with E-state index < -0.39 is 23.3 Å². The molecule has 0 spiro atoms. The van der Waals surface area contributed by atoms with Gasteiger partial charge in [0.2, 0.25) is 0 Å². The van der Waals surface area contributed by atoms with E-state index in [1.807, 2.05) is 6.07 Å². The van der Waals surface area contributed by atoms with Gasteiger partial charge >= 0.3 is 6.18 Å². The largest absolute Gasteiger partial charge is 0.434 e. The van der Waals surface area contributed by atoms with Crippen molar-refractivity contribution in [1.29, 1.82) is 0 Å². The number of carbonyl (C=O) groups is 1. The van der Waals surface area contributed by atoms with Crippen molar-refractivity contribution >= 4 is 5.91 Å². The van der Waals surface area contributed by atoms with Crippen molar-refractivity contribution in [3.63, 3.8) is 0 Å². The Labute approximate surface area is 148 Å². The lowest BCUT2D eigenvalue weighted by molar-refractivity contribution is -0.141. The number of aromatic nitrogens is 1. The summed E-state index contributed by atoms with van der Waals surface area (Å²) in [4.78, 5) is 17.3. The van der Waals surface area contributed by atoms with Crippen molar-refractivity contribution in [3.8, 4) is 0 Å². The molecule has 0 aliphatic carbocycles. The molecule has 2 heterocycles. The third kappa shape index (κ3) is 3.86. The molecule has 3 rings (SSSR count). The first-order chi connectivity index (χ1) is 12.3. The summed E-state index contributed by atoms with van der Waals surface area (Å²) in [6.07, 6.45) is -2.40. The molecular weight excluding hydrogens is 348 g/mol. The summed E-state index contributed by atoms with van der Waals surface area (Å²) in [5.74, 6) is -0.853. The monoisotopic (exact) mass is 366 g/mol. The number of amides is 1. The predicted octanol–water partition coefficient (Wildman–Crippen LogP) is 4.25. The van der Waals surface area contributed by atoms with Crippen LogP contribution in [0.4, 0.5) is 17.6 Å². The Morgan fingerprint density at radius 1 is 1.31 bits per heavy atom. The van der Waals surface area contributed by atoms with Crippen LogP contribution in [0.25, 0.3) is 0 Å². The van der Waals surface area contributed by atoms with Crippen molar-refractivity contribution in [2.45, 2.75) is 25.9 Å². The van der Waals surface area contributed by atoms with E-state index in [2.05, 4.69) is 4.98 Å². The van der Waals surface area contributed by atoms with Gasteiger partial charge in [-0.1, -0.05) is 12.1 Å². The van der Waals surface area contributed by atoms with Crippen LogP contribution in [0.3, 0.4) is 0 Å². The molecule has 0 N–H and O–H groups in total. The molecule has 138 valence electrons. The number of benzene rings is 1. The van der Waals surface area contributed by atoms with Crippen molar-refractivity contribution < 1.29 is 22.4 Å². The smallest absolute Gasteiger partial charge is 0.338 e. The van der Waals surface area contributed by atoms with E-state index in [0.717, 1.165) is 17.8 Å². The standard InChI is InChI=1S/C19H18F4N2O/c1-12-4-5-13(10-16(12)20)9-14-6-8-25(11-14)18(26)15-3-2-7-24-17(15)19(21,22)23/h2-5,7,10,14H,6,8-9,11H2,1H3. The van der Waals surface area contributed by atoms with Crippen molar-refractivity contribution in [2.24, 2.45) is 5.92 Å². The lowest BCUT2D eigenvalue weighted by Crippen LogP contribution is -2.31. The molecule has 1 amide bonds. The van der Waals surface area contributed by atoms with Gasteiger partial charge in [0, 0.05) is 19.3 Å². The summed E-state index contributed by atoms with van der Waals surface area (Å²) in [6.45, 7) is 2.41. The van der Waals surface area contributed by atoms with E-state index in [0.29, 0.717) is 31.5 Å². The van der Waals surface area contributed by atoms with E-state index in [1.165, 1.54) is 17.0 Å². The molecule has 1 aliphatic heterocycles. The van der Waals surface area contributed by atoms with Gasteiger partial charge in [-0.3, -0.25) is 9.78 Å². The molecule has 0 radical (unpaired) electrons. The molecule has 0 bridgehead atoms. The fraction of sp³-hybridized carbons (Fsp3) is 0.368. The van der Waals surface area contributed by atoms with E-state index in [4.69, 9.17) is 0 Å². The second-order valence-corrected chi connectivity index (χ2v) is 6.59. The molecule has 1 aliphatic rings. The van der Waals surface area contributed by atoms with Crippen LogP contribution in [0.2, 0.25) is 0 Å². The van der Waals surface area contributed by atoms with Crippen LogP contribution in [0.1, 0.15) is 33.6 Å². The Bertz CT molecular complexity index is 819. The van der Waals surface area contributed by atoms with Crippen molar-refractivity contribution in [3.05, 3.63) is 64.7 Å². The number of carbonyl (C=O) groups excluding carboxylic acids is 1. The van der Waals surface area contributed by atoms with E-state index >= 15 is 0 Å². The van der Waals surface area contributed by atoms with Crippen molar-refractivity contribution in [2.75, 3.05) is 13.1 Å². The average Bonchev–Trinajstić information content (AvgIpc) is 3.05. The predicted molar refractivity (Wildman–Crippen MR) is 88.1 cm³/mol. The number of halogens is 4. The summed E-state index contributed by atoms with van der Waals surface area (Å²) in [7, 11) is 0. The summed E-state index contributed by atoms with van der Waals surface area (Å²) >= 11 is 0. The lowest BCUT2D eigenvalue weighted by Gasteiger charge is -2.19. The normalized spacial score (nSPS) is 17.6. The molecule has 1 saturated heterocycles. The number of rotatable bonds is 3. The number of alkyl halides is 3. The molecule has 7 heteroatoms. The van der Waals surface area contributed by atoms with Crippen LogP contribution in [0.5, 0.6) is 0 Å². The Kier molecular flexibility index (Phi) is 4.98. The van der Waals surface area contributed by atoms with E-state index in [-0.39, 0.29) is 11.7 Å². The molecule has 3 nitrogen and oxygen atoms in total. The number of nitrogens with zero attached hydrogens (tertiary/aromatic N) is 2. The minimum absolute atomic E-state index is 0.0899. The summed E-state index contributed by atoms with van der Waals surface area (Å²) in [5, 5.41) is 0. The minimum Gasteiger partial charge on any atom is -0.338 e. The Morgan fingerprint density at radius 2 is 2.08 bits per heavy atom. The lowest BCUT2D eigenvalue weighted by atomic mass is 9.98. The molecule has 1 aromatic carbocycles. The van der Waals surface area contributed by atoms with Gasteiger partial charge in [-0.2, -0.15) is 13.2 Å². The van der Waals surface area contributed by atoms with Gasteiger partial charge in [0.05, 0.1) is 5.56 Å². The molecular formula is C19H18F4N2O. The van der Waals surface area contributed by atoms with Crippen LogP contribution < -0.4 is 0 Å². The third-order valence-electron chi connectivity index (χ3n) is 4.64. The summed E-state index contributed by atoms with van der Waals surface area (Å²) in [5.41, 5.74) is -0.200. The van der Waals surface area contributed by atoms with Crippen LogP contribution >= 0.6 is 0 Å². The highest BCUT2D eigenvalue weighted by molar-refractivity contribution is 5.95. The first-order valence-electron chi connectivity index (χ1n) is 8.32. The molecule has 1 aromatic heterocycles. The first kappa shape index (κ1) is 18.4. The zero-order valence-electron chi connectivity index (χ0n) is 14.2. The topological polar surface area (TPSA) is 33.2 Å². The maximum atomic E-state index is 13.7. The number of hydrogen-bond donors (Lipinski definition) is 0. The van der Waals surface area contributed by atoms with Gasteiger partial charge in [0.15, 0.2) is 5.69 Å². The van der Waals surface area contributed by atoms with Crippen molar-refractivity contribution in [1.82, 2.24) is 9.88 Å². The zero-order chi connectivity index (χ0) is 18.9.